The van der Waals surface area contributed by atoms with Crippen molar-refractivity contribution in [3.05, 3.63) is 108 Å². The van der Waals surface area contributed by atoms with Gasteiger partial charge in [0.1, 0.15) is 0 Å². The number of benzene rings is 3. The third-order valence-electron chi connectivity index (χ3n) is 14.7. The lowest BCUT2D eigenvalue weighted by Gasteiger charge is -2.42. The van der Waals surface area contributed by atoms with E-state index in [0.717, 1.165) is 40.6 Å². The van der Waals surface area contributed by atoms with Crippen molar-refractivity contribution in [2.75, 3.05) is 14.1 Å². The largest absolute Gasteiger partial charge is 0.391 e. The highest BCUT2D eigenvalue weighted by molar-refractivity contribution is 8.15. The Morgan fingerprint density at radius 3 is 1.24 bits per heavy atom. The molecule has 3 aliphatic carbocycles. The van der Waals surface area contributed by atoms with E-state index in [1.807, 2.05) is 68.0 Å². The predicted molar refractivity (Wildman–Crippen MR) is 265 cm³/mol. The van der Waals surface area contributed by atoms with Crippen LogP contribution in [0, 0.1) is 35.5 Å². The molecule has 5 N–H and O–H groups in total. The molecule has 11 heteroatoms. The first-order chi connectivity index (χ1) is 30.6. The van der Waals surface area contributed by atoms with Crippen molar-refractivity contribution in [2.24, 2.45) is 51.2 Å². The van der Waals surface area contributed by atoms with E-state index in [4.69, 9.17) is 19.9 Å². The zero-order chi connectivity index (χ0) is 44.9. The molecule has 3 saturated carbocycles. The second kappa shape index (κ2) is 24.6. The number of hydrogen-bond acceptors (Lipinski definition) is 9. The third kappa shape index (κ3) is 12.9. The Morgan fingerprint density at radius 2 is 0.889 bits per heavy atom. The molecule has 0 spiro atoms. The number of aliphatic imine (C=N–C) groups is 2. The summed E-state index contributed by atoms with van der Waals surface area (Å²) in [5.74, 6) is 3.54. The maximum Gasteiger partial charge on any atom is 0.156 e. The van der Waals surface area contributed by atoms with E-state index < -0.39 is 6.10 Å². The molecule has 2 aliphatic heterocycles. The summed E-state index contributed by atoms with van der Waals surface area (Å²) >= 11 is 3.80. The molecule has 346 valence electrons. The minimum absolute atomic E-state index is 0.0612. The van der Waals surface area contributed by atoms with Crippen molar-refractivity contribution in [3.63, 3.8) is 0 Å². The number of fused-ring (bicyclic) bond motifs is 2. The van der Waals surface area contributed by atoms with Gasteiger partial charge in [-0.15, -0.1) is 0 Å². The summed E-state index contributed by atoms with van der Waals surface area (Å²) in [5.41, 5.74) is 9.77. The first-order valence-electron chi connectivity index (χ1n) is 23.8. The molecule has 0 radical (unpaired) electrons. The number of amidine groups is 2. The van der Waals surface area contributed by atoms with Gasteiger partial charge in [-0.3, -0.25) is 9.98 Å². The molecule has 9 nitrogen and oxygen atoms in total. The molecule has 5 aliphatic rings. The molecular formula is C52H77N5O4S2. The summed E-state index contributed by atoms with van der Waals surface area (Å²) in [6, 6.07) is 31.6. The SMILES string of the molecule is CC[C@H]1C[C@@H](O)[C@H](N)[C@@H](OCc2ccccc2)[C@@H]1C.CC[C@H]1C[C@@H]2SC(=NC)N[C@@H]2[C@@H](OCc2ccccc2)[C@@H]1C.CC[C@H]1C[C@@H]2SC(=NC)N[C@@H]2[C@@H](OCc2ccccc2)[C@@H]1C. The second-order valence-electron chi connectivity index (χ2n) is 18.4. The standard InChI is InChI=1S/2C18H26N2OS.C16H25NO2/c2*1-4-14-10-15-16(20-18(19-3)22-15)17(12(14)2)21-11-13-8-6-5-7-9-13;1-3-13-9-14(18)15(17)16(11(13)2)19-10-12-7-5-4-6-8-12/h2*5-9,12,14-17H,4,10-11H2,1-3H3,(H,19,20);4-8,11,13-16,18H,3,9-10,17H2,1-2H3/t2*12-,14+,15+,16+,17+;11-,13+,14-,15+,16+/m111/s1. The highest BCUT2D eigenvalue weighted by atomic mass is 32.2. The molecule has 0 aromatic heterocycles. The number of aliphatic hydroxyl groups is 1. The van der Waals surface area contributed by atoms with Crippen LogP contribution in [0.4, 0.5) is 0 Å². The van der Waals surface area contributed by atoms with Crippen molar-refractivity contribution >= 4 is 33.9 Å². The van der Waals surface area contributed by atoms with Crippen LogP contribution in [0.1, 0.15) is 96.8 Å². The van der Waals surface area contributed by atoms with Crippen LogP contribution >= 0.6 is 23.5 Å². The summed E-state index contributed by atoms with van der Waals surface area (Å²) in [4.78, 5) is 8.71. The number of hydrogen-bond donors (Lipinski definition) is 4. The molecule has 0 unspecified atom stereocenters. The average molecular weight is 900 g/mol. The van der Waals surface area contributed by atoms with Crippen molar-refractivity contribution < 1.29 is 19.3 Å². The predicted octanol–water partition coefficient (Wildman–Crippen LogP) is 9.72. The smallest absolute Gasteiger partial charge is 0.156 e. The van der Waals surface area contributed by atoms with Crippen LogP contribution in [0.5, 0.6) is 0 Å². The fourth-order valence-corrected chi connectivity index (χ4v) is 13.2. The van der Waals surface area contributed by atoms with E-state index in [-0.39, 0.29) is 24.4 Å². The summed E-state index contributed by atoms with van der Waals surface area (Å²) in [6.07, 6.45) is 6.88. The van der Waals surface area contributed by atoms with Crippen molar-refractivity contribution in [2.45, 2.75) is 153 Å². The molecule has 2 saturated heterocycles. The number of nitrogens with one attached hydrogen (secondary N) is 2. The quantitative estimate of drug-likeness (QED) is 0.141. The molecule has 2 heterocycles. The van der Waals surface area contributed by atoms with Gasteiger partial charge in [0.05, 0.1) is 62.4 Å². The number of rotatable bonds is 12. The molecule has 15 atom stereocenters. The number of thioether (sulfide) groups is 2. The lowest BCUT2D eigenvalue weighted by molar-refractivity contribution is -0.0899. The molecular weight excluding hydrogens is 823 g/mol. The van der Waals surface area contributed by atoms with Gasteiger partial charge < -0.3 is 35.7 Å². The monoisotopic (exact) mass is 900 g/mol. The van der Waals surface area contributed by atoms with Crippen LogP contribution in [-0.2, 0) is 34.0 Å². The van der Waals surface area contributed by atoms with Crippen LogP contribution in [0.3, 0.4) is 0 Å². The van der Waals surface area contributed by atoms with Gasteiger partial charge in [0.25, 0.3) is 0 Å². The molecule has 5 fully saturated rings. The highest BCUT2D eigenvalue weighted by Crippen LogP contribution is 2.44. The van der Waals surface area contributed by atoms with E-state index in [2.05, 4.69) is 123 Å². The molecule has 0 amide bonds. The van der Waals surface area contributed by atoms with E-state index in [1.54, 1.807) is 0 Å². The van der Waals surface area contributed by atoms with Gasteiger partial charge in [-0.25, -0.2) is 0 Å². The van der Waals surface area contributed by atoms with E-state index in [0.29, 0.717) is 66.1 Å². The molecule has 0 bridgehead atoms. The Balaban J connectivity index is 0.000000158. The van der Waals surface area contributed by atoms with Crippen LogP contribution in [0.15, 0.2) is 101 Å². The normalized spacial score (nSPS) is 35.9. The number of nitrogens with zero attached hydrogens (tertiary/aromatic N) is 2. The van der Waals surface area contributed by atoms with E-state index in [9.17, 15) is 5.11 Å². The summed E-state index contributed by atoms with van der Waals surface area (Å²) in [5, 5.41) is 20.6. The molecule has 63 heavy (non-hydrogen) atoms. The van der Waals surface area contributed by atoms with Gasteiger partial charge in [-0.1, -0.05) is 175 Å². The Bertz CT molecular complexity index is 1750. The highest BCUT2D eigenvalue weighted by Gasteiger charge is 2.48. The van der Waals surface area contributed by atoms with E-state index in [1.165, 1.54) is 36.8 Å². The van der Waals surface area contributed by atoms with E-state index >= 15 is 0 Å². The molecule has 8 rings (SSSR count). The number of nitrogens with two attached hydrogens (primary N) is 1. The minimum atomic E-state index is -0.443. The van der Waals surface area contributed by atoms with Gasteiger partial charge in [0.15, 0.2) is 10.3 Å². The lowest BCUT2D eigenvalue weighted by Crippen LogP contribution is -2.55. The summed E-state index contributed by atoms with van der Waals surface area (Å²) in [7, 11) is 3.74. The zero-order valence-electron chi connectivity index (χ0n) is 39.1. The Hall–Kier alpha value is -2.90. The molecule has 3 aromatic rings. The van der Waals surface area contributed by atoms with Crippen LogP contribution < -0.4 is 16.4 Å². The van der Waals surface area contributed by atoms with Gasteiger partial charge in [0, 0.05) is 24.6 Å². The fraction of sp³-hybridized carbons (Fsp3) is 0.615. The summed E-state index contributed by atoms with van der Waals surface area (Å²) in [6.45, 7) is 15.6. The first kappa shape index (κ1) is 49.5. The maximum atomic E-state index is 10.1. The van der Waals surface area contributed by atoms with Gasteiger partial charge in [-0.05, 0) is 71.5 Å². The fourth-order valence-electron chi connectivity index (χ4n) is 10.6. The van der Waals surface area contributed by atoms with Gasteiger partial charge in [-0.2, -0.15) is 0 Å². The van der Waals surface area contributed by atoms with Gasteiger partial charge in [0.2, 0.25) is 0 Å². The van der Waals surface area contributed by atoms with Crippen LogP contribution in [0.25, 0.3) is 0 Å². The summed E-state index contributed by atoms with van der Waals surface area (Å²) < 4.78 is 18.8. The third-order valence-corrected chi connectivity index (χ3v) is 17.3. The van der Waals surface area contributed by atoms with Gasteiger partial charge >= 0.3 is 0 Å². The van der Waals surface area contributed by atoms with Crippen LogP contribution in [0.2, 0.25) is 0 Å². The molecule has 3 aromatic carbocycles. The number of ether oxygens (including phenoxy) is 3. The number of aliphatic hydroxyl groups excluding tert-OH is 1. The first-order valence-corrected chi connectivity index (χ1v) is 25.5. The Labute approximate surface area is 388 Å². The van der Waals surface area contributed by atoms with Crippen molar-refractivity contribution in [1.29, 1.82) is 0 Å². The maximum absolute atomic E-state index is 10.1. The van der Waals surface area contributed by atoms with Crippen LogP contribution in [-0.4, -0.2) is 82.6 Å². The minimum Gasteiger partial charge on any atom is -0.391 e. The second-order valence-corrected chi connectivity index (χ2v) is 20.9. The van der Waals surface area contributed by atoms with Crippen molar-refractivity contribution in [3.8, 4) is 0 Å². The average Bonchev–Trinajstić information content (AvgIpc) is 3.94. The lowest BCUT2D eigenvalue weighted by atomic mass is 9.73. The Kier molecular flexibility index (Phi) is 19.3. The van der Waals surface area contributed by atoms with Crippen molar-refractivity contribution in [1.82, 2.24) is 10.6 Å². The topological polar surface area (TPSA) is 123 Å². The Morgan fingerprint density at radius 1 is 0.556 bits per heavy atom. The zero-order valence-corrected chi connectivity index (χ0v) is 40.8.